The maximum absolute atomic E-state index is 12.8. The van der Waals surface area contributed by atoms with Gasteiger partial charge in [-0.2, -0.15) is 10.2 Å². The number of carbonyl (C=O) groups is 1. The number of ketones is 1. The second kappa shape index (κ2) is 9.85. The van der Waals surface area contributed by atoms with E-state index in [-0.39, 0.29) is 11.8 Å². The second-order valence-electron chi connectivity index (χ2n) is 10.0. The van der Waals surface area contributed by atoms with Gasteiger partial charge in [0.15, 0.2) is 5.82 Å². The van der Waals surface area contributed by atoms with Crippen molar-refractivity contribution in [2.75, 3.05) is 31.1 Å². The maximum Gasteiger partial charge on any atom is 0.213 e. The van der Waals surface area contributed by atoms with Crippen molar-refractivity contribution < 1.29 is 4.79 Å². The Kier molecular flexibility index (Phi) is 6.27. The molecule has 8 heteroatoms. The fourth-order valence-electron chi connectivity index (χ4n) is 5.63. The maximum atomic E-state index is 12.8. The predicted octanol–water partition coefficient (Wildman–Crippen LogP) is 4.06. The van der Waals surface area contributed by atoms with Crippen LogP contribution in [0.4, 0.5) is 5.69 Å². The van der Waals surface area contributed by atoms with Gasteiger partial charge in [-0.05, 0) is 49.9 Å². The molecule has 8 nitrogen and oxygen atoms in total. The molecular formula is C28H33N7O. The summed E-state index contributed by atoms with van der Waals surface area (Å²) in [5.74, 6) is 0.913. The van der Waals surface area contributed by atoms with Gasteiger partial charge in [-0.3, -0.25) is 19.5 Å². The van der Waals surface area contributed by atoms with Gasteiger partial charge >= 0.3 is 0 Å². The number of Topliss-reactive ketones (excluding diaryl/α,β-unsaturated/α-hetero) is 1. The van der Waals surface area contributed by atoms with Crippen LogP contribution < -0.4 is 4.90 Å². The van der Waals surface area contributed by atoms with Crippen LogP contribution in [0.5, 0.6) is 0 Å². The predicted molar refractivity (Wildman–Crippen MR) is 140 cm³/mol. The lowest BCUT2D eigenvalue weighted by Crippen LogP contribution is -2.55. The van der Waals surface area contributed by atoms with E-state index in [9.17, 15) is 4.79 Å². The minimum absolute atomic E-state index is 0.0162. The van der Waals surface area contributed by atoms with Crippen LogP contribution in [-0.4, -0.2) is 67.9 Å². The Bertz CT molecular complexity index is 1330. The van der Waals surface area contributed by atoms with Gasteiger partial charge in [-0.15, -0.1) is 0 Å². The Morgan fingerprint density at radius 3 is 2.69 bits per heavy atom. The third-order valence-electron chi connectivity index (χ3n) is 7.86. The first-order valence-electron chi connectivity index (χ1n) is 13.1. The zero-order chi connectivity index (χ0) is 24.5. The zero-order valence-electron chi connectivity index (χ0n) is 20.8. The molecule has 2 aromatic carbocycles. The number of hydrogen-bond acceptors (Lipinski definition) is 6. The highest BCUT2D eigenvalue weighted by Crippen LogP contribution is 2.40. The van der Waals surface area contributed by atoms with Crippen LogP contribution in [0.1, 0.15) is 54.0 Å². The molecule has 1 aliphatic carbocycles. The number of H-pyrrole nitrogens is 1. The van der Waals surface area contributed by atoms with E-state index in [0.29, 0.717) is 18.3 Å². The molecule has 1 saturated heterocycles. The Hall–Kier alpha value is -3.52. The molecule has 0 radical (unpaired) electrons. The molecule has 36 heavy (non-hydrogen) atoms. The number of fused-ring (bicyclic) bond motifs is 1. The lowest BCUT2D eigenvalue weighted by atomic mass is 9.82. The molecule has 2 fully saturated rings. The Morgan fingerprint density at radius 1 is 1.11 bits per heavy atom. The van der Waals surface area contributed by atoms with Crippen molar-refractivity contribution in [3.8, 4) is 0 Å². The SMILES string of the molecule is CCn1nc(C2CCC2)c2cc(N3CCN(CC(=O)c4ncn[nH]4)[C@@H](Cc4ccccc4)C3)ccc21. The van der Waals surface area contributed by atoms with Crippen molar-refractivity contribution in [2.45, 2.75) is 51.1 Å². The van der Waals surface area contributed by atoms with E-state index in [1.54, 1.807) is 0 Å². The normalized spacial score (nSPS) is 19.0. The number of nitrogens with zero attached hydrogens (tertiary/aromatic N) is 6. The molecule has 2 aliphatic rings. The molecule has 0 bridgehead atoms. The summed E-state index contributed by atoms with van der Waals surface area (Å²) in [5, 5.41) is 12.9. The first-order valence-corrected chi connectivity index (χ1v) is 13.1. The summed E-state index contributed by atoms with van der Waals surface area (Å²) in [7, 11) is 0. The largest absolute Gasteiger partial charge is 0.369 e. The minimum atomic E-state index is -0.0162. The summed E-state index contributed by atoms with van der Waals surface area (Å²) in [6.45, 7) is 5.96. The van der Waals surface area contributed by atoms with Gasteiger partial charge in [0, 0.05) is 49.2 Å². The molecule has 1 saturated carbocycles. The molecular weight excluding hydrogens is 450 g/mol. The molecule has 1 aliphatic heterocycles. The van der Waals surface area contributed by atoms with E-state index < -0.39 is 0 Å². The van der Waals surface area contributed by atoms with E-state index in [0.717, 1.165) is 32.6 Å². The minimum Gasteiger partial charge on any atom is -0.369 e. The number of aromatic amines is 1. The molecule has 2 aromatic heterocycles. The number of piperazine rings is 1. The van der Waals surface area contributed by atoms with Gasteiger partial charge in [0.05, 0.1) is 17.8 Å². The number of aryl methyl sites for hydroxylation is 1. The van der Waals surface area contributed by atoms with Crippen molar-refractivity contribution in [1.82, 2.24) is 29.9 Å². The second-order valence-corrected chi connectivity index (χ2v) is 10.0. The molecule has 0 spiro atoms. The van der Waals surface area contributed by atoms with Gasteiger partial charge in [-0.1, -0.05) is 36.8 Å². The number of hydrogen-bond donors (Lipinski definition) is 1. The van der Waals surface area contributed by atoms with Gasteiger partial charge < -0.3 is 4.90 Å². The monoisotopic (exact) mass is 483 g/mol. The van der Waals surface area contributed by atoms with Gasteiger partial charge in [-0.25, -0.2) is 4.98 Å². The fourth-order valence-corrected chi connectivity index (χ4v) is 5.63. The van der Waals surface area contributed by atoms with Crippen molar-refractivity contribution in [3.05, 3.63) is 71.9 Å². The average Bonchev–Trinajstić information content (AvgIpc) is 3.53. The van der Waals surface area contributed by atoms with Gasteiger partial charge in [0.25, 0.3) is 0 Å². The standard InChI is InChI=1S/C28H33N7O/c1-2-35-25-12-11-22(16-24(25)27(32-35)21-9-6-10-21)33-13-14-34(18-26(36)28-29-19-30-31-28)23(17-33)15-20-7-4-3-5-8-20/h3-5,7-8,11-12,16,19,21,23H,2,6,9-10,13-15,17-18H2,1H3,(H,29,30,31)/t23-/m0/s1. The Labute approximate surface area is 211 Å². The highest BCUT2D eigenvalue weighted by Gasteiger charge is 2.31. The number of aromatic nitrogens is 5. The quantitative estimate of drug-likeness (QED) is 0.381. The topological polar surface area (TPSA) is 82.9 Å². The van der Waals surface area contributed by atoms with E-state index in [1.165, 1.54) is 53.4 Å². The summed E-state index contributed by atoms with van der Waals surface area (Å²) in [5.41, 5.74) is 5.05. The van der Waals surface area contributed by atoms with Crippen molar-refractivity contribution in [2.24, 2.45) is 0 Å². The number of anilines is 1. The average molecular weight is 484 g/mol. The van der Waals surface area contributed by atoms with Crippen LogP contribution in [0.25, 0.3) is 10.9 Å². The lowest BCUT2D eigenvalue weighted by molar-refractivity contribution is 0.0865. The lowest BCUT2D eigenvalue weighted by Gasteiger charge is -2.42. The molecule has 186 valence electrons. The number of rotatable bonds is 8. The van der Waals surface area contributed by atoms with E-state index in [4.69, 9.17) is 5.10 Å². The van der Waals surface area contributed by atoms with Crippen LogP contribution in [-0.2, 0) is 13.0 Å². The molecule has 1 N–H and O–H groups in total. The molecule has 0 amide bonds. The number of nitrogens with one attached hydrogen (secondary N) is 1. The Morgan fingerprint density at radius 2 is 1.97 bits per heavy atom. The molecule has 0 unspecified atom stereocenters. The van der Waals surface area contributed by atoms with Crippen LogP contribution in [0.2, 0.25) is 0 Å². The Balaban J connectivity index is 1.27. The van der Waals surface area contributed by atoms with Crippen molar-refractivity contribution in [1.29, 1.82) is 0 Å². The highest BCUT2D eigenvalue weighted by atomic mass is 16.1. The first-order chi connectivity index (χ1) is 17.7. The number of carbonyl (C=O) groups excluding carboxylic acids is 1. The van der Waals surface area contributed by atoms with E-state index in [2.05, 4.69) is 79.1 Å². The van der Waals surface area contributed by atoms with Crippen LogP contribution in [0, 0.1) is 0 Å². The van der Waals surface area contributed by atoms with Crippen molar-refractivity contribution in [3.63, 3.8) is 0 Å². The van der Waals surface area contributed by atoms with Gasteiger partial charge in [0.2, 0.25) is 5.78 Å². The van der Waals surface area contributed by atoms with E-state index >= 15 is 0 Å². The first kappa shape index (κ1) is 22.9. The molecule has 6 rings (SSSR count). The summed E-state index contributed by atoms with van der Waals surface area (Å²) in [6.07, 6.45) is 6.08. The molecule has 1 atom stereocenters. The number of benzene rings is 2. The van der Waals surface area contributed by atoms with E-state index in [1.807, 2.05) is 6.07 Å². The summed E-state index contributed by atoms with van der Waals surface area (Å²) >= 11 is 0. The van der Waals surface area contributed by atoms with Crippen LogP contribution in [0.3, 0.4) is 0 Å². The van der Waals surface area contributed by atoms with Crippen LogP contribution in [0.15, 0.2) is 54.9 Å². The smallest absolute Gasteiger partial charge is 0.213 e. The summed E-state index contributed by atoms with van der Waals surface area (Å²) in [4.78, 5) is 21.7. The fraction of sp³-hybridized carbons (Fsp3) is 0.429. The molecule has 3 heterocycles. The van der Waals surface area contributed by atoms with Gasteiger partial charge in [0.1, 0.15) is 6.33 Å². The zero-order valence-corrected chi connectivity index (χ0v) is 20.8. The van der Waals surface area contributed by atoms with Crippen LogP contribution >= 0.6 is 0 Å². The highest BCUT2D eigenvalue weighted by molar-refractivity contribution is 5.94. The molecule has 4 aromatic rings. The summed E-state index contributed by atoms with van der Waals surface area (Å²) in [6, 6.07) is 17.6. The van der Waals surface area contributed by atoms with Crippen molar-refractivity contribution >= 4 is 22.4 Å². The third-order valence-corrected chi connectivity index (χ3v) is 7.86. The summed E-state index contributed by atoms with van der Waals surface area (Å²) < 4.78 is 2.15. The third kappa shape index (κ3) is 4.41.